The Hall–Kier alpha value is -3.65. The molecule has 3 aromatic rings. The third-order valence-corrected chi connectivity index (χ3v) is 5.24. The summed E-state index contributed by atoms with van der Waals surface area (Å²) in [6.45, 7) is -0.0923. The number of para-hydroxylation sites is 2. The van der Waals surface area contributed by atoms with E-state index in [4.69, 9.17) is 16.2 Å². The molecule has 7 nitrogen and oxygen atoms in total. The summed E-state index contributed by atoms with van der Waals surface area (Å²) in [5.74, 6) is -0.325. The van der Waals surface area contributed by atoms with E-state index in [1.54, 1.807) is 36.4 Å². The predicted molar refractivity (Wildman–Crippen MR) is 120 cm³/mol. The van der Waals surface area contributed by atoms with E-state index in [1.807, 2.05) is 30.3 Å². The molecule has 0 heterocycles. The minimum absolute atomic E-state index is 0.0923. The summed E-state index contributed by atoms with van der Waals surface area (Å²) in [4.78, 5) is 26.1. The lowest BCUT2D eigenvalue weighted by Gasteiger charge is -2.16. The second-order valence-corrected chi connectivity index (χ2v) is 7.44. The van der Waals surface area contributed by atoms with Crippen LogP contribution in [0, 0.1) is 0 Å². The van der Waals surface area contributed by atoms with Crippen molar-refractivity contribution in [2.75, 3.05) is 30.0 Å². The molecule has 0 aliphatic carbocycles. The number of amides is 2. The van der Waals surface area contributed by atoms with Gasteiger partial charge >= 0.3 is 0 Å². The number of methoxy groups -OCH3 is 1. The Bertz CT molecular complexity index is 1050. The van der Waals surface area contributed by atoms with Crippen LogP contribution in [0.5, 0.6) is 5.75 Å². The number of ether oxygens (including phenoxy) is 1. The number of carbonyl (C=O) groups excluding carboxylic acids is 2. The average molecular weight is 423 g/mol. The van der Waals surface area contributed by atoms with Crippen molar-refractivity contribution in [3.8, 4) is 5.75 Å². The molecule has 0 aliphatic heterocycles. The zero-order chi connectivity index (χ0) is 21.5. The maximum absolute atomic E-state index is 13.3. The van der Waals surface area contributed by atoms with Crippen molar-refractivity contribution >= 4 is 40.6 Å². The summed E-state index contributed by atoms with van der Waals surface area (Å²) in [6, 6.07) is 19.9. The molecule has 3 aromatic carbocycles. The summed E-state index contributed by atoms with van der Waals surface area (Å²) < 4.78 is 5.32. The van der Waals surface area contributed by atoms with Gasteiger partial charge in [0, 0.05) is 21.2 Å². The fourth-order valence-electron chi connectivity index (χ4n) is 2.78. The summed E-state index contributed by atoms with van der Waals surface area (Å²) in [6.07, 6.45) is 0. The van der Waals surface area contributed by atoms with Crippen LogP contribution < -0.4 is 26.8 Å². The molecule has 0 aromatic heterocycles. The molecule has 0 fully saturated rings. The summed E-state index contributed by atoms with van der Waals surface area (Å²) >= 11 is 1.42. The molecule has 0 aliphatic rings. The van der Waals surface area contributed by atoms with Crippen molar-refractivity contribution in [2.24, 2.45) is 5.73 Å². The van der Waals surface area contributed by atoms with Gasteiger partial charge in [0.05, 0.1) is 24.9 Å². The lowest BCUT2D eigenvalue weighted by molar-refractivity contribution is -0.116. The van der Waals surface area contributed by atoms with Crippen LogP contribution in [0.25, 0.3) is 0 Å². The number of primary amides is 1. The number of anilines is 3. The average Bonchev–Trinajstić information content (AvgIpc) is 2.74. The van der Waals surface area contributed by atoms with Gasteiger partial charge in [0.1, 0.15) is 5.75 Å². The first-order chi connectivity index (χ1) is 14.5. The van der Waals surface area contributed by atoms with Crippen LogP contribution in [0.15, 0.2) is 76.5 Å². The van der Waals surface area contributed by atoms with Crippen molar-refractivity contribution < 1.29 is 14.3 Å². The molecule has 0 saturated carbocycles. The molecule has 8 heteroatoms. The van der Waals surface area contributed by atoms with Gasteiger partial charge in [-0.1, -0.05) is 30.0 Å². The highest BCUT2D eigenvalue weighted by Crippen LogP contribution is 2.35. The minimum Gasteiger partial charge on any atom is -0.495 e. The summed E-state index contributed by atoms with van der Waals surface area (Å²) in [5, 5.41) is 5.83. The van der Waals surface area contributed by atoms with Crippen molar-refractivity contribution in [2.45, 2.75) is 9.79 Å². The smallest absolute Gasteiger partial charge is 0.259 e. The molecule has 0 spiro atoms. The molecule has 0 bridgehead atoms. The van der Waals surface area contributed by atoms with E-state index in [0.29, 0.717) is 33.3 Å². The fourth-order valence-corrected chi connectivity index (χ4v) is 3.75. The summed E-state index contributed by atoms with van der Waals surface area (Å²) in [5.41, 5.74) is 13.1. The fraction of sp³-hybridized carbons (Fsp3) is 0.0909. The molecule has 2 amide bonds. The van der Waals surface area contributed by atoms with Crippen LogP contribution in [0.1, 0.15) is 10.4 Å². The Balaban J connectivity index is 1.98. The van der Waals surface area contributed by atoms with E-state index in [1.165, 1.54) is 18.9 Å². The van der Waals surface area contributed by atoms with Crippen molar-refractivity contribution in [1.82, 2.24) is 0 Å². The largest absolute Gasteiger partial charge is 0.495 e. The number of benzene rings is 3. The van der Waals surface area contributed by atoms with Crippen LogP contribution in [0.3, 0.4) is 0 Å². The van der Waals surface area contributed by atoms with E-state index in [0.717, 1.165) is 4.90 Å². The quantitative estimate of drug-likeness (QED) is 0.412. The van der Waals surface area contributed by atoms with Crippen LogP contribution in [-0.4, -0.2) is 25.5 Å². The van der Waals surface area contributed by atoms with Gasteiger partial charge < -0.3 is 26.8 Å². The maximum atomic E-state index is 13.3. The topological polar surface area (TPSA) is 119 Å². The van der Waals surface area contributed by atoms with Gasteiger partial charge in [0.2, 0.25) is 5.91 Å². The number of carbonyl (C=O) groups is 2. The van der Waals surface area contributed by atoms with Gasteiger partial charge in [-0.3, -0.25) is 9.59 Å². The van der Waals surface area contributed by atoms with E-state index in [-0.39, 0.29) is 12.5 Å². The third-order valence-electron chi connectivity index (χ3n) is 4.17. The standard InChI is InChI=1S/C22H22N4O3S/c1-29-18-7-3-2-5-16(18)26-22(28)21-17(25-13-20(24)27)6-4-8-19(21)30-15-11-9-14(23)10-12-15/h2-12,25H,13,23H2,1H3,(H2,24,27)(H,26,28). The van der Waals surface area contributed by atoms with Crippen molar-refractivity contribution in [3.63, 3.8) is 0 Å². The number of nitrogens with two attached hydrogens (primary N) is 2. The minimum atomic E-state index is -0.525. The Morgan fingerprint density at radius 1 is 0.967 bits per heavy atom. The third kappa shape index (κ3) is 5.24. The highest BCUT2D eigenvalue weighted by atomic mass is 32.2. The Morgan fingerprint density at radius 2 is 1.67 bits per heavy atom. The van der Waals surface area contributed by atoms with E-state index in [2.05, 4.69) is 10.6 Å². The molecular formula is C22H22N4O3S. The number of nitrogens with one attached hydrogen (secondary N) is 2. The first kappa shape index (κ1) is 21.1. The SMILES string of the molecule is COc1ccccc1NC(=O)c1c(NCC(N)=O)cccc1Sc1ccc(N)cc1. The molecule has 6 N–H and O–H groups in total. The van der Waals surface area contributed by atoms with Crippen LogP contribution >= 0.6 is 11.8 Å². The number of nitrogen functional groups attached to an aromatic ring is 1. The molecule has 154 valence electrons. The van der Waals surface area contributed by atoms with Gasteiger partial charge in [-0.25, -0.2) is 0 Å². The van der Waals surface area contributed by atoms with Gasteiger partial charge in [0.15, 0.2) is 0 Å². The Labute approximate surface area is 178 Å². The van der Waals surface area contributed by atoms with E-state index < -0.39 is 5.91 Å². The zero-order valence-corrected chi connectivity index (χ0v) is 17.2. The second kappa shape index (κ2) is 9.71. The lowest BCUT2D eigenvalue weighted by atomic mass is 10.1. The van der Waals surface area contributed by atoms with Gasteiger partial charge in [-0.2, -0.15) is 0 Å². The molecule has 0 unspecified atom stereocenters. The summed E-state index contributed by atoms with van der Waals surface area (Å²) in [7, 11) is 1.54. The molecule has 30 heavy (non-hydrogen) atoms. The molecular weight excluding hydrogens is 400 g/mol. The predicted octanol–water partition coefficient (Wildman–Crippen LogP) is 3.58. The maximum Gasteiger partial charge on any atom is 0.259 e. The normalized spacial score (nSPS) is 10.3. The number of hydrogen-bond acceptors (Lipinski definition) is 6. The molecule has 0 atom stereocenters. The second-order valence-electron chi connectivity index (χ2n) is 6.32. The highest BCUT2D eigenvalue weighted by molar-refractivity contribution is 7.99. The van der Waals surface area contributed by atoms with Crippen LogP contribution in [-0.2, 0) is 4.79 Å². The number of hydrogen-bond donors (Lipinski definition) is 4. The first-order valence-corrected chi connectivity index (χ1v) is 9.92. The monoisotopic (exact) mass is 422 g/mol. The van der Waals surface area contributed by atoms with E-state index in [9.17, 15) is 9.59 Å². The molecule has 3 rings (SSSR count). The van der Waals surface area contributed by atoms with Crippen molar-refractivity contribution in [3.05, 3.63) is 72.3 Å². The van der Waals surface area contributed by atoms with Crippen LogP contribution in [0.2, 0.25) is 0 Å². The van der Waals surface area contributed by atoms with E-state index >= 15 is 0 Å². The van der Waals surface area contributed by atoms with Gasteiger partial charge in [-0.15, -0.1) is 0 Å². The van der Waals surface area contributed by atoms with Crippen LogP contribution in [0.4, 0.5) is 17.1 Å². The van der Waals surface area contributed by atoms with Crippen molar-refractivity contribution in [1.29, 1.82) is 0 Å². The zero-order valence-electron chi connectivity index (χ0n) is 16.3. The number of rotatable bonds is 8. The highest BCUT2D eigenvalue weighted by Gasteiger charge is 2.19. The Kier molecular flexibility index (Phi) is 6.82. The van der Waals surface area contributed by atoms with Gasteiger partial charge in [0.25, 0.3) is 5.91 Å². The Morgan fingerprint density at radius 3 is 2.37 bits per heavy atom. The molecule has 0 radical (unpaired) electrons. The lowest BCUT2D eigenvalue weighted by Crippen LogP contribution is -2.24. The van der Waals surface area contributed by atoms with Gasteiger partial charge in [-0.05, 0) is 48.5 Å². The first-order valence-electron chi connectivity index (χ1n) is 9.11. The molecule has 0 saturated heterocycles.